The number of carbonyl (C=O) groups excluding carboxylic acids is 8. The smallest absolute Gasteiger partial charge is 0.330 e. The maximum Gasteiger partial charge on any atom is 0.330 e. The normalized spacial score (nSPS) is 29.5. The lowest BCUT2D eigenvalue weighted by Crippen LogP contribution is -2.66. The van der Waals surface area contributed by atoms with Crippen LogP contribution in [0.3, 0.4) is 0 Å². The number of phenols is 3. The first-order chi connectivity index (χ1) is 60.8. The van der Waals surface area contributed by atoms with E-state index in [0.717, 1.165) is 77.2 Å². The number of aliphatic hydroxyl groups is 6. The number of hydrogen-bond acceptors (Lipinski definition) is 29. The quantitative estimate of drug-likeness (QED) is 0.0520. The maximum absolute atomic E-state index is 16.5. The minimum Gasteiger partial charge on any atom is -0.508 e. The molecule has 0 spiro atoms. The molecule has 8 heterocycles. The number of fused-ring (bicyclic) bond motifs is 18. The van der Waals surface area contributed by atoms with Crippen molar-refractivity contribution < 1.29 is 132 Å². The first-order valence-corrected chi connectivity index (χ1v) is 41.9. The van der Waals surface area contributed by atoms with Crippen LogP contribution in [0.25, 0.3) is 22.3 Å². The molecule has 9 aliphatic rings. The molecule has 0 unspecified atom stereocenters. The number of aliphatic hydroxyl groups excluding tert-OH is 6. The molecule has 39 heteroatoms. The van der Waals surface area contributed by atoms with Gasteiger partial charge in [-0.25, -0.2) is 4.79 Å². The van der Waals surface area contributed by atoms with Crippen LogP contribution in [0, 0.1) is 5.92 Å². The van der Waals surface area contributed by atoms with Crippen LogP contribution in [0.5, 0.6) is 46.0 Å². The van der Waals surface area contributed by atoms with Gasteiger partial charge in [-0.3, -0.25) is 38.4 Å². The number of benzene rings is 7. The number of aromatic hydroxyl groups is 3. The number of hydrogen-bond donors (Lipinski definition) is 21. The van der Waals surface area contributed by atoms with E-state index in [1.54, 1.807) is 0 Å². The largest absolute Gasteiger partial charge is 0.508 e. The zero-order valence-electron chi connectivity index (χ0n) is 70.4. The van der Waals surface area contributed by atoms with Gasteiger partial charge in [0.15, 0.2) is 36.2 Å². The van der Waals surface area contributed by atoms with Crippen molar-refractivity contribution in [1.82, 2.24) is 47.9 Å². The fourth-order valence-electron chi connectivity index (χ4n) is 17.3. The van der Waals surface area contributed by atoms with Gasteiger partial charge in [0.25, 0.3) is 0 Å². The van der Waals surface area contributed by atoms with Crippen molar-refractivity contribution in [1.29, 1.82) is 0 Å². The maximum atomic E-state index is 16.5. The molecule has 23 N–H and O–H groups in total. The molecule has 7 aromatic carbocycles. The highest BCUT2D eigenvalue weighted by molar-refractivity contribution is 6.32. The third-order valence-electron chi connectivity index (χ3n) is 23.9. The van der Waals surface area contributed by atoms with Gasteiger partial charge in [0.1, 0.15) is 95.6 Å². The fourth-order valence-corrected chi connectivity index (χ4v) is 17.5. The van der Waals surface area contributed by atoms with Crippen molar-refractivity contribution in [2.45, 2.75) is 213 Å². The van der Waals surface area contributed by atoms with E-state index >= 15 is 24.0 Å². The highest BCUT2D eigenvalue weighted by Gasteiger charge is 2.54. The van der Waals surface area contributed by atoms with Gasteiger partial charge >= 0.3 is 5.97 Å². The van der Waals surface area contributed by atoms with Crippen molar-refractivity contribution in [3.8, 4) is 68.2 Å². The van der Waals surface area contributed by atoms with Crippen molar-refractivity contribution in [2.24, 2.45) is 17.4 Å². The van der Waals surface area contributed by atoms with Gasteiger partial charge in [0.2, 0.25) is 59.3 Å². The standard InChI is InChI=1S/C89H102ClN11O27/c1-37(2)22-54(93-7)80(113)99-70-72(108)44-16-21-58(53(90)26-44)124-60-28-46-27-59(76(60)128-87-77(74(110)73(109)61(36-102)125-87)127-65-33-89(6,79(112)39(4)122-65)101-63(107)35-94-34-40-12-19-50-45(23-40)24-42-10-8-9-11-49(42)50)123-48-17-13-41(14-18-48)75(126-64-32-88(5,92)78(111)38(3)121-64)71-85(118)98-69(86(119)120)52-29-47(103)30-57(105)66(52)51-25-43(15-20-56(51)104)67(82(115)100-71)97-83(116)68(46)96-81(114)55(31-62(91)106)95-84(70)117/h8-21,23,25-30,37-39,54-55,61,64-65,67-75,77-79,87,93-94,102-105,108-112H,22,24,31-36,92H2,1-7H3,(H2,91,106)(H,95,117)(H,96,114)(H,97,116)(H,98,118)(H,99,113)(H,100,115)(H,101,107)(H,119,120)/t38-,39-,54+,55-,61+,64-,65-,67+,68+,69-,70+,71-,72+,73+,74-,75+,77+,78-,79-,87-,88-,89-/m0/s1. The molecule has 3 fully saturated rings. The summed E-state index contributed by atoms with van der Waals surface area (Å²) in [7, 11) is 1.48. The number of halogens is 1. The van der Waals surface area contributed by atoms with E-state index in [1.807, 2.05) is 38.1 Å². The average molecular weight is 1790 g/mol. The number of rotatable bonds is 20. The Morgan fingerprint density at radius 3 is 2.01 bits per heavy atom. The van der Waals surface area contributed by atoms with Gasteiger partial charge in [-0.15, -0.1) is 0 Å². The predicted molar refractivity (Wildman–Crippen MR) is 451 cm³/mol. The molecule has 3 saturated heterocycles. The average Bonchev–Trinajstić information content (AvgIpc) is 0.789. The number of carboxylic acids is 1. The van der Waals surface area contributed by atoms with Crippen LogP contribution >= 0.6 is 11.6 Å². The van der Waals surface area contributed by atoms with Crippen LogP contribution in [0.1, 0.15) is 142 Å². The van der Waals surface area contributed by atoms with Gasteiger partial charge < -0.3 is 148 Å². The number of amides is 8. The molecule has 22 atom stereocenters. The molecule has 16 rings (SSSR count). The van der Waals surface area contributed by atoms with Gasteiger partial charge in [0, 0.05) is 47.7 Å². The van der Waals surface area contributed by atoms with Crippen molar-refractivity contribution in [3.63, 3.8) is 0 Å². The lowest BCUT2D eigenvalue weighted by Gasteiger charge is -2.48. The molecule has 0 aromatic heterocycles. The predicted octanol–water partition coefficient (Wildman–Crippen LogP) is 2.21. The lowest BCUT2D eigenvalue weighted by molar-refractivity contribution is -0.334. The van der Waals surface area contributed by atoms with E-state index in [-0.39, 0.29) is 64.9 Å². The van der Waals surface area contributed by atoms with Crippen LogP contribution < -0.4 is 73.5 Å². The van der Waals surface area contributed by atoms with Gasteiger partial charge in [-0.05, 0) is 158 Å². The Morgan fingerprint density at radius 1 is 0.656 bits per heavy atom. The van der Waals surface area contributed by atoms with Crippen LogP contribution in [0.2, 0.25) is 5.02 Å². The summed E-state index contributed by atoms with van der Waals surface area (Å²) in [5.74, 6) is -16.3. The van der Waals surface area contributed by atoms with Crippen LogP contribution in [-0.2, 0) is 79.8 Å². The zero-order valence-corrected chi connectivity index (χ0v) is 71.1. The van der Waals surface area contributed by atoms with Gasteiger partial charge in [-0.2, -0.15) is 0 Å². The first-order valence-electron chi connectivity index (χ1n) is 41.6. The number of carboxylic acid groups (broad SMARTS) is 1. The monoisotopic (exact) mass is 1790 g/mol. The summed E-state index contributed by atoms with van der Waals surface area (Å²) in [6, 6.07) is 15.5. The summed E-state index contributed by atoms with van der Waals surface area (Å²) in [6.07, 6.45) is -22.8. The third-order valence-corrected chi connectivity index (χ3v) is 24.2. The Bertz CT molecular complexity index is 5440. The molecule has 7 aromatic rings. The Labute approximate surface area is 737 Å². The molecule has 1 aliphatic carbocycles. The Kier molecular flexibility index (Phi) is 27.4. The fraction of sp³-hybridized carbons (Fsp3) is 0.427. The number of nitrogens with one attached hydrogen (secondary N) is 9. The molecule has 8 aliphatic heterocycles. The van der Waals surface area contributed by atoms with Crippen LogP contribution in [0.4, 0.5) is 0 Å². The molecule has 8 amide bonds. The van der Waals surface area contributed by atoms with Crippen molar-refractivity contribution in [2.75, 3.05) is 20.2 Å². The summed E-state index contributed by atoms with van der Waals surface area (Å²) in [4.78, 5) is 135. The summed E-state index contributed by atoms with van der Waals surface area (Å²) < 4.78 is 52.7. The minimum absolute atomic E-state index is 0.0592. The van der Waals surface area contributed by atoms with E-state index in [0.29, 0.717) is 6.54 Å². The Balaban J connectivity index is 0.926. The minimum atomic E-state index is -2.38. The molecule has 11 bridgehead atoms. The van der Waals surface area contributed by atoms with Gasteiger partial charge in [-0.1, -0.05) is 92.2 Å². The summed E-state index contributed by atoms with van der Waals surface area (Å²) in [6.45, 7) is 8.68. The van der Waals surface area contributed by atoms with E-state index in [4.69, 9.17) is 61.0 Å². The molecular weight excluding hydrogens is 1690 g/mol. The number of likely N-dealkylation sites (N-methyl/N-ethyl adjacent to an activating group) is 1. The Morgan fingerprint density at radius 2 is 1.32 bits per heavy atom. The van der Waals surface area contributed by atoms with Crippen LogP contribution in [-0.4, -0.2) is 227 Å². The Hall–Kier alpha value is -11.7. The molecule has 38 nitrogen and oxygen atoms in total. The molecule has 128 heavy (non-hydrogen) atoms. The third kappa shape index (κ3) is 19.6. The summed E-state index contributed by atoms with van der Waals surface area (Å²) in [5.41, 5.74) is 12.4. The van der Waals surface area contributed by atoms with E-state index in [2.05, 4.69) is 66.1 Å². The SMILES string of the molecule is CN[C@H](CC(C)C)C(=O)N[C@H]1C(=O)N[C@@H](CC(N)=O)C(=O)N[C@H]2C(=O)N[C@H]3C(=O)N[C@H](C(=O)N[C@H](C(=O)O)c4cc(O)cc(O)c4-c4cc3ccc4O)[C@H](O[C@H]3C[C@](C)(N)[C@@H](O)[C@H](C)O3)c3ccc(cc3)Oc3cc2cc(c3O[C@@H]2O[C@H](CO)[C@@H](O)[C@H](O)[C@H]2O[C@H]2C[C@](C)(NC(=O)CNCc3ccc4c(c3)Cc3ccccc3-4)[C@@H](O)[C@H](C)O2)Oc2ccc(cc2Cl)[C@H]1O. The molecular formula is C89H102ClN11O27. The first kappa shape index (κ1) is 92.5. The van der Waals surface area contributed by atoms with Crippen molar-refractivity contribution in [3.05, 3.63) is 177 Å². The highest BCUT2D eigenvalue weighted by Crippen LogP contribution is 2.50. The number of carbonyl (C=O) groups is 9. The number of ether oxygens (including phenoxy) is 8. The zero-order chi connectivity index (χ0) is 92.0. The molecule has 0 radical (unpaired) electrons. The van der Waals surface area contributed by atoms with E-state index in [1.165, 1.54) is 76.7 Å². The second-order valence-corrected chi connectivity index (χ2v) is 34.4. The molecule has 0 saturated carbocycles. The summed E-state index contributed by atoms with van der Waals surface area (Å²) in [5, 5.41) is 140. The number of phenolic OH excluding ortho intramolecular Hbond substituents is 3. The summed E-state index contributed by atoms with van der Waals surface area (Å²) >= 11 is 7.22. The van der Waals surface area contributed by atoms with Gasteiger partial charge in [0.05, 0.1) is 54.5 Å². The lowest BCUT2D eigenvalue weighted by atomic mass is 9.85. The topological polar surface area (TPSA) is 590 Å². The highest BCUT2D eigenvalue weighted by atomic mass is 35.5. The second-order valence-electron chi connectivity index (χ2n) is 34.0. The number of primary amides is 1. The second kappa shape index (κ2) is 37.9. The number of nitrogens with two attached hydrogens (primary N) is 2. The van der Waals surface area contributed by atoms with Crippen LogP contribution in [0.15, 0.2) is 127 Å². The van der Waals surface area contributed by atoms with Crippen molar-refractivity contribution >= 4 is 64.8 Å². The van der Waals surface area contributed by atoms with E-state index < -0.39 is 256 Å². The molecule has 682 valence electrons. The van der Waals surface area contributed by atoms with E-state index in [9.17, 15) is 70.2 Å². The number of aliphatic carboxylic acids is 1.